The average Bonchev–Trinajstić information content (AvgIpc) is 3.53. The Hall–Kier alpha value is -2.13. The van der Waals surface area contributed by atoms with Crippen LogP contribution in [0, 0.1) is 5.92 Å². The summed E-state index contributed by atoms with van der Waals surface area (Å²) in [7, 11) is 0. The molecule has 4 rings (SSSR count). The number of nitrogens with zero attached hydrogens (tertiary/aromatic N) is 2. The van der Waals surface area contributed by atoms with Crippen molar-refractivity contribution in [2.24, 2.45) is 5.92 Å². The molecular weight excluding hydrogens is 332 g/mol. The Kier molecular flexibility index (Phi) is 5.88. The van der Waals surface area contributed by atoms with Crippen molar-refractivity contribution in [3.05, 3.63) is 71.8 Å². The highest BCUT2D eigenvalue weighted by Crippen LogP contribution is 2.31. The molecule has 142 valence electrons. The zero-order valence-corrected chi connectivity index (χ0v) is 16.1. The highest BCUT2D eigenvalue weighted by molar-refractivity contribution is 5.76. The normalized spacial score (nSPS) is 20.7. The third-order valence-electron chi connectivity index (χ3n) is 5.86. The number of hydrogen-bond donors (Lipinski definition) is 0. The van der Waals surface area contributed by atoms with E-state index in [4.69, 9.17) is 0 Å². The van der Waals surface area contributed by atoms with Gasteiger partial charge < -0.3 is 4.90 Å². The number of carbonyl (C=O) groups excluding carboxylic acids is 1. The first-order chi connectivity index (χ1) is 13.3. The fourth-order valence-corrected chi connectivity index (χ4v) is 4.13. The van der Waals surface area contributed by atoms with Gasteiger partial charge >= 0.3 is 0 Å². The van der Waals surface area contributed by atoms with Crippen molar-refractivity contribution in [2.75, 3.05) is 13.1 Å². The molecule has 0 radical (unpaired) electrons. The summed E-state index contributed by atoms with van der Waals surface area (Å²) in [5, 5.41) is 0. The van der Waals surface area contributed by atoms with E-state index in [2.05, 4.69) is 70.5 Å². The SMILES string of the molecule is O=C1CCCC(N(Cc2ccccc2)Cc2ccccc2)CN1CC1CC1. The van der Waals surface area contributed by atoms with Crippen LogP contribution in [0.25, 0.3) is 0 Å². The molecular formula is C24H30N2O. The van der Waals surface area contributed by atoms with Crippen LogP contribution in [0.1, 0.15) is 43.2 Å². The molecule has 1 unspecified atom stereocenters. The van der Waals surface area contributed by atoms with Crippen LogP contribution >= 0.6 is 0 Å². The van der Waals surface area contributed by atoms with Crippen molar-refractivity contribution in [3.63, 3.8) is 0 Å². The van der Waals surface area contributed by atoms with Crippen molar-refractivity contribution in [3.8, 4) is 0 Å². The summed E-state index contributed by atoms with van der Waals surface area (Å²) in [6.45, 7) is 3.73. The van der Waals surface area contributed by atoms with Crippen LogP contribution in [-0.2, 0) is 17.9 Å². The standard InChI is InChI=1S/C24H30N2O/c27-24-13-7-12-23(19-26(24)18-22-14-15-22)25(16-20-8-3-1-4-9-20)17-21-10-5-2-6-11-21/h1-6,8-11,22-23H,7,12-19H2. The van der Waals surface area contributed by atoms with Gasteiger partial charge in [0.2, 0.25) is 5.91 Å². The fraction of sp³-hybridized carbons (Fsp3) is 0.458. The summed E-state index contributed by atoms with van der Waals surface area (Å²) in [5.74, 6) is 1.12. The molecule has 0 bridgehead atoms. The van der Waals surface area contributed by atoms with Crippen molar-refractivity contribution in [1.29, 1.82) is 0 Å². The van der Waals surface area contributed by atoms with Gasteiger partial charge in [-0.1, -0.05) is 60.7 Å². The van der Waals surface area contributed by atoms with E-state index in [0.29, 0.717) is 18.4 Å². The maximum Gasteiger partial charge on any atom is 0.222 e. The van der Waals surface area contributed by atoms with E-state index in [-0.39, 0.29) is 0 Å². The topological polar surface area (TPSA) is 23.6 Å². The first-order valence-electron chi connectivity index (χ1n) is 10.4. The second kappa shape index (κ2) is 8.71. The molecule has 1 amide bonds. The lowest BCUT2D eigenvalue weighted by Gasteiger charge is -2.34. The zero-order valence-electron chi connectivity index (χ0n) is 16.1. The molecule has 27 heavy (non-hydrogen) atoms. The minimum atomic E-state index is 0.365. The van der Waals surface area contributed by atoms with Crippen LogP contribution in [0.15, 0.2) is 60.7 Å². The number of likely N-dealkylation sites (tertiary alicyclic amines) is 1. The number of amides is 1. The van der Waals surface area contributed by atoms with E-state index < -0.39 is 0 Å². The monoisotopic (exact) mass is 362 g/mol. The summed E-state index contributed by atoms with van der Waals surface area (Å²) in [6.07, 6.45) is 5.42. The molecule has 2 aromatic carbocycles. The molecule has 0 spiro atoms. The van der Waals surface area contributed by atoms with Crippen LogP contribution in [0.4, 0.5) is 0 Å². The Balaban J connectivity index is 1.52. The fourth-order valence-electron chi connectivity index (χ4n) is 4.13. The van der Waals surface area contributed by atoms with Gasteiger partial charge in [-0.2, -0.15) is 0 Å². The third-order valence-corrected chi connectivity index (χ3v) is 5.86. The van der Waals surface area contributed by atoms with Gasteiger partial charge in [0.1, 0.15) is 0 Å². The zero-order chi connectivity index (χ0) is 18.5. The maximum absolute atomic E-state index is 12.6. The Morgan fingerprint density at radius 1 is 0.852 bits per heavy atom. The summed E-state index contributed by atoms with van der Waals surface area (Å²) in [5.41, 5.74) is 2.69. The van der Waals surface area contributed by atoms with E-state index in [9.17, 15) is 4.79 Å². The van der Waals surface area contributed by atoms with Crippen molar-refractivity contribution in [1.82, 2.24) is 9.80 Å². The summed E-state index contributed by atoms with van der Waals surface area (Å²) in [4.78, 5) is 17.3. The highest BCUT2D eigenvalue weighted by Gasteiger charge is 2.31. The Morgan fingerprint density at radius 2 is 1.44 bits per heavy atom. The Labute approximate surface area is 163 Å². The van der Waals surface area contributed by atoms with Gasteiger partial charge in [0.05, 0.1) is 0 Å². The molecule has 2 aromatic rings. The van der Waals surface area contributed by atoms with Gasteiger partial charge in [-0.3, -0.25) is 9.69 Å². The molecule has 2 aliphatic rings. The number of hydrogen-bond acceptors (Lipinski definition) is 2. The van der Waals surface area contributed by atoms with Crippen LogP contribution in [0.2, 0.25) is 0 Å². The number of benzene rings is 2. The lowest BCUT2D eigenvalue weighted by molar-refractivity contribution is -0.131. The molecule has 3 nitrogen and oxygen atoms in total. The highest BCUT2D eigenvalue weighted by atomic mass is 16.2. The molecule has 1 aliphatic carbocycles. The van der Waals surface area contributed by atoms with E-state index >= 15 is 0 Å². The van der Waals surface area contributed by atoms with Gasteiger partial charge in [0, 0.05) is 38.6 Å². The molecule has 0 N–H and O–H groups in total. The van der Waals surface area contributed by atoms with Crippen molar-refractivity contribution in [2.45, 2.75) is 51.2 Å². The minimum Gasteiger partial charge on any atom is -0.341 e. The van der Waals surface area contributed by atoms with Crippen LogP contribution in [0.5, 0.6) is 0 Å². The molecule has 1 atom stereocenters. The smallest absolute Gasteiger partial charge is 0.222 e. The molecule has 1 saturated carbocycles. The minimum absolute atomic E-state index is 0.365. The number of carbonyl (C=O) groups is 1. The quantitative estimate of drug-likeness (QED) is 0.725. The molecule has 1 aliphatic heterocycles. The van der Waals surface area contributed by atoms with Crippen LogP contribution in [0.3, 0.4) is 0 Å². The van der Waals surface area contributed by atoms with Crippen LogP contribution < -0.4 is 0 Å². The van der Waals surface area contributed by atoms with Crippen molar-refractivity contribution < 1.29 is 4.79 Å². The van der Waals surface area contributed by atoms with E-state index in [1.807, 2.05) is 0 Å². The first-order valence-corrected chi connectivity index (χ1v) is 10.4. The van der Waals surface area contributed by atoms with Gasteiger partial charge in [-0.15, -0.1) is 0 Å². The second-order valence-electron chi connectivity index (χ2n) is 8.16. The Bertz CT molecular complexity index is 685. The summed E-state index contributed by atoms with van der Waals surface area (Å²) in [6, 6.07) is 21.9. The molecule has 0 aromatic heterocycles. The molecule has 1 heterocycles. The number of rotatable bonds is 7. The molecule has 1 saturated heterocycles. The van der Waals surface area contributed by atoms with Crippen molar-refractivity contribution >= 4 is 5.91 Å². The lowest BCUT2D eigenvalue weighted by Crippen LogP contribution is -2.44. The first kappa shape index (κ1) is 18.2. The van der Waals surface area contributed by atoms with E-state index in [0.717, 1.165) is 44.9 Å². The third kappa shape index (κ3) is 5.20. The van der Waals surface area contributed by atoms with Crippen LogP contribution in [-0.4, -0.2) is 34.8 Å². The van der Waals surface area contributed by atoms with Gasteiger partial charge in [0.15, 0.2) is 0 Å². The largest absolute Gasteiger partial charge is 0.341 e. The predicted molar refractivity (Wildman–Crippen MR) is 109 cm³/mol. The average molecular weight is 363 g/mol. The Morgan fingerprint density at radius 3 is 2.00 bits per heavy atom. The summed E-state index contributed by atoms with van der Waals surface area (Å²) >= 11 is 0. The maximum atomic E-state index is 12.6. The van der Waals surface area contributed by atoms with E-state index in [1.165, 1.54) is 24.0 Å². The predicted octanol–water partition coefficient (Wildman–Crippen LogP) is 4.48. The second-order valence-corrected chi connectivity index (χ2v) is 8.16. The van der Waals surface area contributed by atoms with E-state index in [1.54, 1.807) is 0 Å². The summed E-state index contributed by atoms with van der Waals surface area (Å²) < 4.78 is 0. The van der Waals surface area contributed by atoms with Gasteiger partial charge in [-0.05, 0) is 42.7 Å². The molecule has 2 fully saturated rings. The van der Waals surface area contributed by atoms with Gasteiger partial charge in [-0.25, -0.2) is 0 Å². The molecule has 3 heteroatoms. The van der Waals surface area contributed by atoms with Gasteiger partial charge in [0.25, 0.3) is 0 Å². The lowest BCUT2D eigenvalue weighted by atomic mass is 10.1.